The number of nitrogens with zero attached hydrogens (tertiary/aromatic N) is 5. The summed E-state index contributed by atoms with van der Waals surface area (Å²) in [5.41, 5.74) is 0.773. The summed E-state index contributed by atoms with van der Waals surface area (Å²) in [6, 6.07) is 7.90. The number of aromatic nitrogens is 3. The van der Waals surface area contributed by atoms with Gasteiger partial charge in [0, 0.05) is 39.0 Å². The molecule has 182 valence electrons. The molecule has 11 heteroatoms. The van der Waals surface area contributed by atoms with E-state index in [0.717, 1.165) is 5.69 Å². The molecule has 10 nitrogen and oxygen atoms in total. The summed E-state index contributed by atoms with van der Waals surface area (Å²) in [4.78, 5) is 14.8. The Morgan fingerprint density at radius 3 is 2.73 bits per heavy atom. The fourth-order valence-electron chi connectivity index (χ4n) is 3.87. The maximum atomic E-state index is 13.1. The van der Waals surface area contributed by atoms with Gasteiger partial charge in [-0.05, 0) is 25.5 Å². The first-order valence-electron chi connectivity index (χ1n) is 11.1. The van der Waals surface area contributed by atoms with Crippen molar-refractivity contribution >= 4 is 15.9 Å². The Bertz CT molecular complexity index is 1010. The molecule has 1 aromatic carbocycles. The number of hydrogen-bond acceptors (Lipinski definition) is 7. The van der Waals surface area contributed by atoms with Gasteiger partial charge in [-0.1, -0.05) is 30.3 Å². The van der Waals surface area contributed by atoms with Gasteiger partial charge in [0.25, 0.3) is 0 Å². The zero-order valence-corrected chi connectivity index (χ0v) is 20.2. The SMILES string of the molecule is C[C@H](CO)N1C[C@H](C)[C@H](CN(C)S(=O)(=O)c2ccccc2)OCc2cnnn2CCCC1=O. The van der Waals surface area contributed by atoms with Gasteiger partial charge >= 0.3 is 0 Å². The topological polar surface area (TPSA) is 118 Å². The molecule has 1 aliphatic heterocycles. The molecule has 0 spiro atoms. The van der Waals surface area contributed by atoms with E-state index in [2.05, 4.69) is 10.3 Å². The summed E-state index contributed by atoms with van der Waals surface area (Å²) in [6.07, 6.45) is 2.04. The molecular weight excluding hydrogens is 446 g/mol. The number of carbonyl (C=O) groups excluding carboxylic acids is 1. The molecule has 33 heavy (non-hydrogen) atoms. The van der Waals surface area contributed by atoms with Crippen LogP contribution in [-0.2, 0) is 32.7 Å². The van der Waals surface area contributed by atoms with Crippen molar-refractivity contribution in [1.82, 2.24) is 24.2 Å². The number of sulfonamides is 1. The maximum Gasteiger partial charge on any atom is 0.242 e. The Morgan fingerprint density at radius 2 is 2.03 bits per heavy atom. The Balaban J connectivity index is 1.86. The summed E-state index contributed by atoms with van der Waals surface area (Å²) < 4.78 is 35.3. The molecule has 1 N–H and O–H groups in total. The lowest BCUT2D eigenvalue weighted by atomic mass is 10.0. The predicted molar refractivity (Wildman–Crippen MR) is 122 cm³/mol. The first kappa shape index (κ1) is 25.3. The van der Waals surface area contributed by atoms with Gasteiger partial charge in [-0.3, -0.25) is 4.79 Å². The number of fused-ring (bicyclic) bond motifs is 1. The summed E-state index contributed by atoms with van der Waals surface area (Å²) in [7, 11) is -2.18. The second-order valence-corrected chi connectivity index (χ2v) is 10.6. The van der Waals surface area contributed by atoms with Crippen LogP contribution in [0.5, 0.6) is 0 Å². The van der Waals surface area contributed by atoms with Gasteiger partial charge in [-0.2, -0.15) is 4.31 Å². The number of carbonyl (C=O) groups is 1. The maximum absolute atomic E-state index is 13.1. The van der Waals surface area contributed by atoms with E-state index in [1.807, 2.05) is 6.92 Å². The van der Waals surface area contributed by atoms with E-state index in [1.54, 1.807) is 53.0 Å². The highest BCUT2D eigenvalue weighted by atomic mass is 32.2. The van der Waals surface area contributed by atoms with E-state index in [4.69, 9.17) is 4.74 Å². The monoisotopic (exact) mass is 479 g/mol. The number of benzene rings is 1. The molecule has 1 amide bonds. The van der Waals surface area contributed by atoms with Crippen LogP contribution in [0.4, 0.5) is 0 Å². The molecule has 0 aliphatic carbocycles. The number of amides is 1. The average Bonchev–Trinajstić information content (AvgIpc) is 3.26. The lowest BCUT2D eigenvalue weighted by molar-refractivity contribution is -0.136. The van der Waals surface area contributed by atoms with Crippen molar-refractivity contribution in [3.05, 3.63) is 42.2 Å². The average molecular weight is 480 g/mol. The standard InChI is InChI=1S/C22H33N5O5S/c1-17-13-26(18(2)15-28)22(29)10-7-11-27-19(12-23-24-27)16-32-21(17)14-25(3)33(30,31)20-8-5-4-6-9-20/h4-6,8-9,12,17-18,21,28H,7,10-11,13-16H2,1-3H3/t17-,18+,21-/m0/s1. The van der Waals surface area contributed by atoms with E-state index >= 15 is 0 Å². The molecule has 0 fully saturated rings. The fourth-order valence-corrected chi connectivity index (χ4v) is 5.07. The molecule has 0 radical (unpaired) electrons. The van der Waals surface area contributed by atoms with Crippen LogP contribution in [0.3, 0.4) is 0 Å². The van der Waals surface area contributed by atoms with Crippen LogP contribution in [0, 0.1) is 5.92 Å². The van der Waals surface area contributed by atoms with E-state index in [-0.39, 0.29) is 42.5 Å². The molecule has 2 heterocycles. The highest BCUT2D eigenvalue weighted by molar-refractivity contribution is 7.89. The number of aryl methyl sites for hydroxylation is 1. The highest BCUT2D eigenvalue weighted by Crippen LogP contribution is 2.21. The first-order valence-corrected chi connectivity index (χ1v) is 12.6. The number of aliphatic hydroxyl groups is 1. The van der Waals surface area contributed by atoms with Gasteiger partial charge in [-0.25, -0.2) is 13.1 Å². The third-order valence-electron chi connectivity index (χ3n) is 6.03. The molecule has 2 aromatic rings. The quantitative estimate of drug-likeness (QED) is 0.660. The number of hydrogen-bond donors (Lipinski definition) is 1. The Morgan fingerprint density at radius 1 is 1.30 bits per heavy atom. The predicted octanol–water partition coefficient (Wildman–Crippen LogP) is 1.12. The van der Waals surface area contributed by atoms with E-state index in [9.17, 15) is 18.3 Å². The van der Waals surface area contributed by atoms with Crippen molar-refractivity contribution in [2.45, 2.75) is 56.9 Å². The lowest BCUT2D eigenvalue weighted by Crippen LogP contribution is -2.47. The number of aliphatic hydroxyl groups excluding tert-OH is 1. The number of ether oxygens (including phenoxy) is 1. The Labute approximate surface area is 195 Å². The minimum absolute atomic E-state index is 0.0605. The smallest absolute Gasteiger partial charge is 0.242 e. The van der Waals surface area contributed by atoms with E-state index < -0.39 is 16.1 Å². The third kappa shape index (κ3) is 6.17. The zero-order chi connectivity index (χ0) is 24.0. The molecule has 0 bridgehead atoms. The molecule has 0 unspecified atom stereocenters. The first-order chi connectivity index (χ1) is 15.7. The minimum Gasteiger partial charge on any atom is -0.394 e. The summed E-state index contributed by atoms with van der Waals surface area (Å²) in [6.45, 7) is 4.78. The zero-order valence-electron chi connectivity index (χ0n) is 19.4. The van der Waals surface area contributed by atoms with Crippen molar-refractivity contribution in [3.63, 3.8) is 0 Å². The fraction of sp³-hybridized carbons (Fsp3) is 0.591. The van der Waals surface area contributed by atoms with Crippen LogP contribution in [0.15, 0.2) is 41.4 Å². The van der Waals surface area contributed by atoms with Crippen molar-refractivity contribution in [2.75, 3.05) is 26.7 Å². The highest BCUT2D eigenvalue weighted by Gasteiger charge is 2.31. The van der Waals surface area contributed by atoms with Crippen molar-refractivity contribution in [3.8, 4) is 0 Å². The summed E-state index contributed by atoms with van der Waals surface area (Å²) in [5.74, 6) is -0.255. The minimum atomic E-state index is -3.70. The second kappa shape index (κ2) is 11.2. The summed E-state index contributed by atoms with van der Waals surface area (Å²) >= 11 is 0. The molecule has 1 aliphatic rings. The van der Waals surface area contributed by atoms with Gasteiger partial charge in [0.15, 0.2) is 0 Å². The Hall–Kier alpha value is -2.34. The molecule has 3 rings (SSSR count). The van der Waals surface area contributed by atoms with Gasteiger partial charge in [0.05, 0.1) is 42.1 Å². The van der Waals surface area contributed by atoms with Crippen LogP contribution in [0.25, 0.3) is 0 Å². The third-order valence-corrected chi connectivity index (χ3v) is 7.87. The van der Waals surface area contributed by atoms with Gasteiger partial charge in [-0.15, -0.1) is 5.10 Å². The lowest BCUT2D eigenvalue weighted by Gasteiger charge is -2.35. The molecule has 1 aromatic heterocycles. The van der Waals surface area contributed by atoms with Gasteiger partial charge < -0.3 is 14.7 Å². The van der Waals surface area contributed by atoms with Crippen LogP contribution >= 0.6 is 0 Å². The van der Waals surface area contributed by atoms with Crippen molar-refractivity contribution in [1.29, 1.82) is 0 Å². The van der Waals surface area contributed by atoms with Crippen LogP contribution in [-0.4, -0.2) is 82.5 Å². The van der Waals surface area contributed by atoms with Gasteiger partial charge in [0.1, 0.15) is 0 Å². The largest absolute Gasteiger partial charge is 0.394 e. The molecule has 3 atom stereocenters. The molecule has 0 saturated carbocycles. The number of rotatable bonds is 6. The summed E-state index contributed by atoms with van der Waals surface area (Å²) in [5, 5.41) is 17.7. The molecule has 0 saturated heterocycles. The van der Waals surface area contributed by atoms with Crippen molar-refractivity contribution < 1.29 is 23.1 Å². The van der Waals surface area contributed by atoms with Gasteiger partial charge in [0.2, 0.25) is 15.9 Å². The van der Waals surface area contributed by atoms with Crippen LogP contribution in [0.1, 0.15) is 32.4 Å². The normalized spacial score (nSPS) is 21.8. The second-order valence-electron chi connectivity index (χ2n) is 8.56. The molecular formula is C22H33N5O5S. The Kier molecular flexibility index (Phi) is 8.57. The van der Waals surface area contributed by atoms with Crippen LogP contribution in [0.2, 0.25) is 0 Å². The van der Waals surface area contributed by atoms with E-state index in [0.29, 0.717) is 25.9 Å². The van der Waals surface area contributed by atoms with Crippen molar-refractivity contribution in [2.24, 2.45) is 5.92 Å². The van der Waals surface area contributed by atoms with Crippen LogP contribution < -0.4 is 0 Å². The van der Waals surface area contributed by atoms with E-state index in [1.165, 1.54) is 11.4 Å². The number of likely N-dealkylation sites (N-methyl/N-ethyl adjacent to an activating group) is 1.